The highest BCUT2D eigenvalue weighted by molar-refractivity contribution is 5.98. The lowest BCUT2D eigenvalue weighted by Gasteiger charge is -2.33. The molecule has 0 bridgehead atoms. The average molecular weight is 668 g/mol. The standard InChI is InChI=1S/C36H53N5O7/c1-8-24(6)33(36(48)41(7)30-16-12-13-17-37-30)40-34(46)26(23(4)5)20-29(42)27(18-22(2)3)39-35(47)28(21-32(44)45)38-31(43)19-25-14-10-9-11-15-25/h9-17,22-24,26-29,33,42H,8,18-21H2,1-7H3,(H,38,43)(H,39,47)(H,40,46)(H,44,45)/t24-,26+,27+,28+,29?,33+/m1/s1. The lowest BCUT2D eigenvalue weighted by Crippen LogP contribution is -2.55. The van der Waals surface area contributed by atoms with Crippen molar-refractivity contribution in [2.45, 2.75) is 97.9 Å². The first-order chi connectivity index (χ1) is 22.6. The molecule has 12 nitrogen and oxygen atoms in total. The maximum Gasteiger partial charge on any atom is 0.305 e. The van der Waals surface area contributed by atoms with Crippen molar-refractivity contribution in [1.29, 1.82) is 0 Å². The smallest absolute Gasteiger partial charge is 0.305 e. The van der Waals surface area contributed by atoms with Crippen molar-refractivity contribution >= 4 is 35.4 Å². The van der Waals surface area contributed by atoms with Crippen molar-refractivity contribution in [3.8, 4) is 0 Å². The van der Waals surface area contributed by atoms with Gasteiger partial charge in [0, 0.05) is 19.2 Å². The summed E-state index contributed by atoms with van der Waals surface area (Å²) in [6.07, 6.45) is 0.651. The van der Waals surface area contributed by atoms with Crippen molar-refractivity contribution in [3.63, 3.8) is 0 Å². The van der Waals surface area contributed by atoms with Crippen LogP contribution in [-0.4, -0.2) is 76.1 Å². The number of carbonyl (C=O) groups is 5. The van der Waals surface area contributed by atoms with E-state index in [2.05, 4.69) is 20.9 Å². The minimum Gasteiger partial charge on any atom is -0.481 e. The number of carboxylic acids is 1. The number of aliphatic hydroxyl groups excluding tert-OH is 1. The number of rotatable bonds is 19. The molecule has 264 valence electrons. The number of nitrogens with one attached hydrogen (secondary N) is 3. The minimum absolute atomic E-state index is 0.0245. The summed E-state index contributed by atoms with van der Waals surface area (Å²) in [7, 11) is 1.61. The third-order valence-electron chi connectivity index (χ3n) is 8.49. The van der Waals surface area contributed by atoms with Gasteiger partial charge in [-0.05, 0) is 48.3 Å². The maximum atomic E-state index is 13.8. The summed E-state index contributed by atoms with van der Waals surface area (Å²) < 4.78 is 0. The van der Waals surface area contributed by atoms with Gasteiger partial charge in [-0.25, -0.2) is 4.98 Å². The molecule has 2 rings (SSSR count). The molecule has 1 unspecified atom stereocenters. The highest BCUT2D eigenvalue weighted by atomic mass is 16.4. The number of carbonyl (C=O) groups excluding carboxylic acids is 4. The molecule has 48 heavy (non-hydrogen) atoms. The van der Waals surface area contributed by atoms with Gasteiger partial charge in [0.2, 0.25) is 17.7 Å². The van der Waals surface area contributed by atoms with E-state index in [1.807, 2.05) is 47.6 Å². The first-order valence-electron chi connectivity index (χ1n) is 16.7. The second kappa shape index (κ2) is 19.5. The van der Waals surface area contributed by atoms with E-state index in [0.717, 1.165) is 0 Å². The molecule has 0 spiro atoms. The second-order valence-corrected chi connectivity index (χ2v) is 13.2. The van der Waals surface area contributed by atoms with Gasteiger partial charge in [0.1, 0.15) is 17.9 Å². The zero-order valence-electron chi connectivity index (χ0n) is 29.2. The van der Waals surface area contributed by atoms with Crippen LogP contribution in [0.3, 0.4) is 0 Å². The lowest BCUT2D eigenvalue weighted by molar-refractivity contribution is -0.141. The number of amides is 4. The zero-order valence-corrected chi connectivity index (χ0v) is 29.2. The Bertz CT molecular complexity index is 1340. The molecular weight excluding hydrogens is 614 g/mol. The third kappa shape index (κ3) is 12.7. The van der Waals surface area contributed by atoms with Crippen LogP contribution < -0.4 is 20.9 Å². The van der Waals surface area contributed by atoms with Crippen molar-refractivity contribution in [1.82, 2.24) is 20.9 Å². The fourth-order valence-electron chi connectivity index (χ4n) is 5.44. The van der Waals surface area contributed by atoms with Crippen LogP contribution in [0.2, 0.25) is 0 Å². The van der Waals surface area contributed by atoms with Crippen LogP contribution in [0.1, 0.15) is 72.8 Å². The number of nitrogens with zero attached hydrogens (tertiary/aromatic N) is 2. The van der Waals surface area contributed by atoms with Gasteiger partial charge in [-0.1, -0.05) is 84.4 Å². The Kier molecular flexibility index (Phi) is 16.2. The van der Waals surface area contributed by atoms with Crippen molar-refractivity contribution in [3.05, 3.63) is 60.3 Å². The number of hydrogen-bond acceptors (Lipinski definition) is 7. The first kappa shape index (κ1) is 39.9. The fourth-order valence-corrected chi connectivity index (χ4v) is 5.44. The fraction of sp³-hybridized carbons (Fsp3) is 0.556. The van der Waals surface area contributed by atoms with Crippen LogP contribution in [0.5, 0.6) is 0 Å². The van der Waals surface area contributed by atoms with E-state index in [1.54, 1.807) is 55.7 Å². The summed E-state index contributed by atoms with van der Waals surface area (Å²) in [4.78, 5) is 70.7. The Balaban J connectivity index is 2.22. The highest BCUT2D eigenvalue weighted by Gasteiger charge is 2.36. The minimum atomic E-state index is -1.37. The number of aliphatic hydroxyl groups is 1. The van der Waals surface area contributed by atoms with E-state index in [-0.39, 0.29) is 36.5 Å². The molecule has 2 aromatic rings. The van der Waals surface area contributed by atoms with Crippen molar-refractivity contribution < 1.29 is 34.2 Å². The van der Waals surface area contributed by atoms with Crippen molar-refractivity contribution in [2.75, 3.05) is 11.9 Å². The summed E-state index contributed by atoms with van der Waals surface area (Å²) in [6, 6.07) is 11.0. The lowest BCUT2D eigenvalue weighted by atomic mass is 9.85. The Morgan fingerprint density at radius 3 is 2.04 bits per heavy atom. The summed E-state index contributed by atoms with van der Waals surface area (Å²) in [6.45, 7) is 11.3. The zero-order chi connectivity index (χ0) is 36.0. The maximum absolute atomic E-state index is 13.8. The predicted octanol–water partition coefficient (Wildman–Crippen LogP) is 3.33. The number of anilines is 1. The Hall–Kier alpha value is -4.32. The van der Waals surface area contributed by atoms with E-state index in [0.29, 0.717) is 24.2 Å². The summed E-state index contributed by atoms with van der Waals surface area (Å²) in [5.74, 6) is -3.91. The molecule has 0 aliphatic carbocycles. The van der Waals surface area contributed by atoms with Gasteiger partial charge in [0.15, 0.2) is 0 Å². The molecule has 1 heterocycles. The number of hydrogen-bond donors (Lipinski definition) is 5. The number of aromatic nitrogens is 1. The molecule has 4 amide bonds. The van der Waals surface area contributed by atoms with Crippen LogP contribution in [0.4, 0.5) is 5.82 Å². The number of aliphatic carboxylic acids is 1. The van der Waals surface area contributed by atoms with Gasteiger partial charge < -0.3 is 26.2 Å². The van der Waals surface area contributed by atoms with E-state index in [9.17, 15) is 34.2 Å². The molecule has 0 aliphatic heterocycles. The third-order valence-corrected chi connectivity index (χ3v) is 8.49. The molecule has 0 saturated carbocycles. The van der Waals surface area contributed by atoms with Crippen LogP contribution in [0.25, 0.3) is 0 Å². The van der Waals surface area contributed by atoms with E-state index in [1.165, 1.54) is 4.90 Å². The van der Waals surface area contributed by atoms with E-state index in [4.69, 9.17) is 0 Å². The Morgan fingerprint density at radius 1 is 0.854 bits per heavy atom. The molecule has 5 N–H and O–H groups in total. The van der Waals surface area contributed by atoms with Gasteiger partial charge in [0.25, 0.3) is 5.91 Å². The van der Waals surface area contributed by atoms with Gasteiger partial charge in [-0.15, -0.1) is 0 Å². The normalized spacial score (nSPS) is 15.0. The summed E-state index contributed by atoms with van der Waals surface area (Å²) >= 11 is 0. The van der Waals surface area contributed by atoms with Crippen LogP contribution >= 0.6 is 0 Å². The van der Waals surface area contributed by atoms with Gasteiger partial charge in [-0.2, -0.15) is 0 Å². The topological polar surface area (TPSA) is 178 Å². The number of benzene rings is 1. The Labute approximate surface area is 284 Å². The quantitative estimate of drug-likeness (QED) is 0.151. The Morgan fingerprint density at radius 2 is 1.50 bits per heavy atom. The molecule has 0 radical (unpaired) electrons. The molecule has 1 aromatic carbocycles. The van der Waals surface area contributed by atoms with Gasteiger partial charge in [-0.3, -0.25) is 28.9 Å². The average Bonchev–Trinajstić information content (AvgIpc) is 3.04. The number of carboxylic acid groups (broad SMARTS) is 1. The molecule has 0 aliphatic rings. The van der Waals surface area contributed by atoms with Crippen LogP contribution in [0.15, 0.2) is 54.7 Å². The molecule has 6 atom stereocenters. The predicted molar refractivity (Wildman–Crippen MR) is 184 cm³/mol. The molecule has 0 fully saturated rings. The summed E-state index contributed by atoms with van der Waals surface area (Å²) in [5.41, 5.74) is 0.705. The largest absolute Gasteiger partial charge is 0.481 e. The first-order valence-corrected chi connectivity index (χ1v) is 16.7. The van der Waals surface area contributed by atoms with E-state index < -0.39 is 60.3 Å². The monoisotopic (exact) mass is 667 g/mol. The van der Waals surface area contributed by atoms with Crippen LogP contribution in [-0.2, 0) is 30.4 Å². The molecule has 0 saturated heterocycles. The summed E-state index contributed by atoms with van der Waals surface area (Å²) in [5, 5.41) is 29.2. The highest BCUT2D eigenvalue weighted by Crippen LogP contribution is 2.23. The van der Waals surface area contributed by atoms with Gasteiger partial charge in [0.05, 0.1) is 25.0 Å². The second-order valence-electron chi connectivity index (χ2n) is 13.2. The van der Waals surface area contributed by atoms with Crippen molar-refractivity contribution in [2.24, 2.45) is 23.7 Å². The number of likely N-dealkylation sites (N-methyl/N-ethyl adjacent to an activating group) is 1. The van der Waals surface area contributed by atoms with Crippen LogP contribution in [0, 0.1) is 23.7 Å². The molecule has 1 aromatic heterocycles. The molecule has 12 heteroatoms. The van der Waals surface area contributed by atoms with Gasteiger partial charge >= 0.3 is 5.97 Å². The number of pyridine rings is 1. The SMILES string of the molecule is CC[C@@H](C)[C@H](NC(=O)[C@@H](CC(O)[C@H](CC(C)C)NC(=O)[C@H](CC(=O)O)NC(=O)Cc1ccccc1)C(C)C)C(=O)N(C)c1ccccn1. The molecular formula is C36H53N5O7. The van der Waals surface area contributed by atoms with E-state index >= 15 is 0 Å².